The quantitative estimate of drug-likeness (QED) is 0.633. The summed E-state index contributed by atoms with van der Waals surface area (Å²) >= 11 is 0. The highest BCUT2D eigenvalue weighted by atomic mass is 16.7. The van der Waals surface area contributed by atoms with Crippen molar-refractivity contribution in [3.8, 4) is 0 Å². The van der Waals surface area contributed by atoms with E-state index in [1.54, 1.807) is 0 Å². The zero-order chi connectivity index (χ0) is 12.0. The zero-order valence-electron chi connectivity index (χ0n) is 10.7. The third-order valence-electron chi connectivity index (χ3n) is 2.95. The highest BCUT2D eigenvalue weighted by Crippen LogP contribution is 2.34. The molecule has 0 aromatic heterocycles. The van der Waals surface area contributed by atoms with Gasteiger partial charge in [0.05, 0.1) is 6.61 Å². The van der Waals surface area contributed by atoms with E-state index in [4.69, 9.17) is 9.57 Å². The van der Waals surface area contributed by atoms with Crippen LogP contribution in [0.5, 0.6) is 0 Å². The molecule has 0 atom stereocenters. The second-order valence-corrected chi connectivity index (χ2v) is 5.64. The third-order valence-corrected chi connectivity index (χ3v) is 2.95. The van der Waals surface area contributed by atoms with Gasteiger partial charge in [-0.1, -0.05) is 19.0 Å². The first-order valence-electron chi connectivity index (χ1n) is 5.69. The molecule has 0 N–H and O–H groups in total. The number of oxime groups is 1. The summed E-state index contributed by atoms with van der Waals surface area (Å²) < 4.78 is 5.78. The molecule has 0 aromatic rings. The molecule has 4 nitrogen and oxygen atoms in total. The molecule has 2 aliphatic rings. The molecular formula is C12H20N2O2. The van der Waals surface area contributed by atoms with Gasteiger partial charge in [-0.2, -0.15) is 0 Å². The van der Waals surface area contributed by atoms with E-state index in [-0.39, 0.29) is 11.1 Å². The Morgan fingerprint density at radius 1 is 1.31 bits per heavy atom. The van der Waals surface area contributed by atoms with Crippen molar-refractivity contribution in [2.75, 3.05) is 13.2 Å². The lowest BCUT2D eigenvalue weighted by Crippen LogP contribution is -2.47. The topological polar surface area (TPSA) is 34.1 Å². The van der Waals surface area contributed by atoms with Gasteiger partial charge in [-0.15, -0.1) is 0 Å². The molecule has 0 aromatic carbocycles. The van der Waals surface area contributed by atoms with E-state index in [1.165, 1.54) is 0 Å². The van der Waals surface area contributed by atoms with Crippen molar-refractivity contribution >= 4 is 5.84 Å². The second-order valence-electron chi connectivity index (χ2n) is 5.64. The van der Waals surface area contributed by atoms with Crippen LogP contribution in [0.4, 0.5) is 0 Å². The van der Waals surface area contributed by atoms with E-state index < -0.39 is 0 Å². The summed E-state index contributed by atoms with van der Waals surface area (Å²) in [5, 5.41) is 4.14. The van der Waals surface area contributed by atoms with Gasteiger partial charge in [-0.25, -0.2) is 0 Å². The van der Waals surface area contributed by atoms with Gasteiger partial charge >= 0.3 is 0 Å². The fraction of sp³-hybridized carbons (Fsp3) is 0.750. The smallest absolute Gasteiger partial charge is 0.213 e. The summed E-state index contributed by atoms with van der Waals surface area (Å²) in [5.74, 6) is 1.63. The fourth-order valence-corrected chi connectivity index (χ4v) is 1.98. The van der Waals surface area contributed by atoms with Crippen LogP contribution in [0.15, 0.2) is 17.0 Å². The van der Waals surface area contributed by atoms with Crippen LogP contribution >= 0.6 is 0 Å². The lowest BCUT2D eigenvalue weighted by atomic mass is 9.93. The minimum absolute atomic E-state index is 0.0937. The first-order valence-corrected chi connectivity index (χ1v) is 5.69. The van der Waals surface area contributed by atoms with Crippen molar-refractivity contribution < 1.29 is 9.57 Å². The maximum absolute atomic E-state index is 5.78. The SMILES string of the molecule is CC=C1OCC(C)(C)CN2C1=NOC2(C)C. The maximum atomic E-state index is 5.78. The molecule has 0 unspecified atom stereocenters. The lowest BCUT2D eigenvalue weighted by Gasteiger charge is -2.34. The van der Waals surface area contributed by atoms with Crippen LogP contribution in [0.3, 0.4) is 0 Å². The summed E-state index contributed by atoms with van der Waals surface area (Å²) in [7, 11) is 0. The van der Waals surface area contributed by atoms with Crippen LogP contribution in [-0.4, -0.2) is 29.6 Å². The van der Waals surface area contributed by atoms with E-state index in [9.17, 15) is 0 Å². The van der Waals surface area contributed by atoms with Gasteiger partial charge in [0.15, 0.2) is 5.76 Å². The van der Waals surface area contributed by atoms with Gasteiger partial charge in [0, 0.05) is 12.0 Å². The minimum atomic E-state index is -0.380. The number of nitrogens with zero attached hydrogens (tertiary/aromatic N) is 2. The molecule has 4 heteroatoms. The van der Waals surface area contributed by atoms with Crippen molar-refractivity contribution in [1.29, 1.82) is 0 Å². The Balaban J connectivity index is 2.38. The van der Waals surface area contributed by atoms with E-state index in [2.05, 4.69) is 23.9 Å². The molecule has 16 heavy (non-hydrogen) atoms. The van der Waals surface area contributed by atoms with Crippen molar-refractivity contribution in [3.63, 3.8) is 0 Å². The van der Waals surface area contributed by atoms with Crippen molar-refractivity contribution in [3.05, 3.63) is 11.8 Å². The van der Waals surface area contributed by atoms with Gasteiger partial charge in [0.25, 0.3) is 0 Å². The first-order chi connectivity index (χ1) is 7.36. The highest BCUT2D eigenvalue weighted by Gasteiger charge is 2.44. The molecule has 1 saturated heterocycles. The van der Waals surface area contributed by atoms with E-state index in [0.29, 0.717) is 6.61 Å². The second kappa shape index (κ2) is 3.40. The highest BCUT2D eigenvalue weighted by molar-refractivity contribution is 5.97. The molecular weight excluding hydrogens is 204 g/mol. The van der Waals surface area contributed by atoms with Crippen molar-refractivity contribution in [2.45, 2.75) is 40.3 Å². The molecule has 0 amide bonds. The van der Waals surface area contributed by atoms with Crippen LogP contribution in [0, 0.1) is 5.41 Å². The molecule has 0 spiro atoms. The Bertz CT molecular complexity index is 356. The van der Waals surface area contributed by atoms with Crippen molar-refractivity contribution in [1.82, 2.24) is 4.90 Å². The number of hydrogen-bond donors (Lipinski definition) is 0. The predicted octanol–water partition coefficient (Wildman–Crippen LogP) is 2.33. The van der Waals surface area contributed by atoms with E-state index >= 15 is 0 Å². The number of amidine groups is 1. The summed E-state index contributed by atoms with van der Waals surface area (Å²) in [5.41, 5.74) is -0.287. The number of allylic oxidation sites excluding steroid dienone is 1. The summed E-state index contributed by atoms with van der Waals surface area (Å²) in [6.45, 7) is 12.0. The molecule has 0 saturated carbocycles. The molecule has 1 fully saturated rings. The van der Waals surface area contributed by atoms with E-state index in [1.807, 2.05) is 26.8 Å². The first kappa shape index (κ1) is 11.3. The fourth-order valence-electron chi connectivity index (χ4n) is 1.98. The summed E-state index contributed by atoms with van der Waals surface area (Å²) in [6, 6.07) is 0. The summed E-state index contributed by atoms with van der Waals surface area (Å²) in [4.78, 5) is 7.64. The Labute approximate surface area is 96.9 Å². The Morgan fingerprint density at radius 2 is 2.00 bits per heavy atom. The van der Waals surface area contributed by atoms with Crippen LogP contribution in [-0.2, 0) is 9.57 Å². The van der Waals surface area contributed by atoms with E-state index in [0.717, 1.165) is 18.1 Å². The monoisotopic (exact) mass is 224 g/mol. The normalized spacial score (nSPS) is 28.9. The Morgan fingerprint density at radius 3 is 2.62 bits per heavy atom. The predicted molar refractivity (Wildman–Crippen MR) is 62.8 cm³/mol. The molecule has 0 radical (unpaired) electrons. The number of fused-ring (bicyclic) bond motifs is 1. The minimum Gasteiger partial charge on any atom is -0.489 e. The van der Waals surface area contributed by atoms with Crippen molar-refractivity contribution in [2.24, 2.45) is 10.6 Å². The molecule has 0 aliphatic carbocycles. The largest absolute Gasteiger partial charge is 0.489 e. The van der Waals surface area contributed by atoms with Gasteiger partial charge in [0.2, 0.25) is 11.6 Å². The molecule has 0 bridgehead atoms. The van der Waals surface area contributed by atoms with Gasteiger partial charge in [0.1, 0.15) is 0 Å². The lowest BCUT2D eigenvalue weighted by molar-refractivity contribution is -0.0786. The number of hydrogen-bond acceptors (Lipinski definition) is 4. The van der Waals surface area contributed by atoms with Crippen LogP contribution < -0.4 is 0 Å². The van der Waals surface area contributed by atoms with Gasteiger partial charge in [-0.05, 0) is 26.8 Å². The third kappa shape index (κ3) is 1.77. The average Bonchev–Trinajstić information content (AvgIpc) is 2.40. The molecule has 90 valence electrons. The standard InChI is InChI=1S/C12H20N2O2/c1-6-9-10-13-16-12(4,5)14(10)7-11(2,3)8-15-9/h6H,7-8H2,1-5H3. The zero-order valence-corrected chi connectivity index (χ0v) is 10.7. The maximum Gasteiger partial charge on any atom is 0.213 e. The molecule has 2 heterocycles. The Kier molecular flexibility index (Phi) is 2.40. The number of rotatable bonds is 0. The van der Waals surface area contributed by atoms with Gasteiger partial charge < -0.3 is 14.5 Å². The van der Waals surface area contributed by atoms with Gasteiger partial charge in [-0.3, -0.25) is 0 Å². The van der Waals surface area contributed by atoms with Crippen LogP contribution in [0.2, 0.25) is 0 Å². The van der Waals surface area contributed by atoms with Crippen LogP contribution in [0.1, 0.15) is 34.6 Å². The average molecular weight is 224 g/mol. The molecule has 2 rings (SSSR count). The number of ether oxygens (including phenoxy) is 1. The van der Waals surface area contributed by atoms with Crippen LogP contribution in [0.25, 0.3) is 0 Å². The summed E-state index contributed by atoms with van der Waals surface area (Å²) in [6.07, 6.45) is 1.94. The molecule has 2 aliphatic heterocycles. The Hall–Kier alpha value is -1.19.